The second-order valence-electron chi connectivity index (χ2n) is 6.09. The molecule has 1 N–H and O–H groups in total. The van der Waals surface area contributed by atoms with Crippen LogP contribution in [0.1, 0.15) is 60.1 Å². The summed E-state index contributed by atoms with van der Waals surface area (Å²) in [4.78, 5) is 27.8. The third kappa shape index (κ3) is 3.88. The molecule has 0 aromatic carbocycles. The Balaban J connectivity index is 2.18. The maximum atomic E-state index is 12.8. The fourth-order valence-electron chi connectivity index (χ4n) is 2.61. The Kier molecular flexibility index (Phi) is 5.62. The number of amides is 1. The highest BCUT2D eigenvalue weighted by Gasteiger charge is 2.35. The van der Waals surface area contributed by atoms with Gasteiger partial charge in [-0.1, -0.05) is 27.2 Å². The van der Waals surface area contributed by atoms with Crippen molar-refractivity contribution in [2.75, 3.05) is 6.54 Å². The smallest absolute Gasteiger partial charge is 0.308 e. The second-order valence-corrected chi connectivity index (χ2v) is 7.23. The molecule has 0 radical (unpaired) electrons. The van der Waals surface area contributed by atoms with Crippen LogP contribution in [0.25, 0.3) is 0 Å². The lowest BCUT2D eigenvalue weighted by Crippen LogP contribution is -2.38. The average Bonchev–Trinajstić information content (AvgIpc) is 3.24. The molecule has 1 amide bonds. The molecule has 1 aliphatic rings. The van der Waals surface area contributed by atoms with Crippen molar-refractivity contribution < 1.29 is 14.7 Å². The Morgan fingerprint density at radius 3 is 2.59 bits per heavy atom. The molecular formula is C17H25NO3S. The summed E-state index contributed by atoms with van der Waals surface area (Å²) in [6.45, 7) is 6.23. The summed E-state index contributed by atoms with van der Waals surface area (Å²) >= 11 is 1.59. The third-order valence-electron chi connectivity index (χ3n) is 4.11. The molecule has 0 aliphatic heterocycles. The van der Waals surface area contributed by atoms with Crippen molar-refractivity contribution in [3.63, 3.8) is 0 Å². The summed E-state index contributed by atoms with van der Waals surface area (Å²) in [5.41, 5.74) is 1.26. The van der Waals surface area contributed by atoms with Gasteiger partial charge >= 0.3 is 5.97 Å². The Hall–Kier alpha value is -1.36. The van der Waals surface area contributed by atoms with Crippen LogP contribution in [0.4, 0.5) is 0 Å². The number of carbonyl (C=O) groups is 2. The van der Waals surface area contributed by atoms with E-state index in [-0.39, 0.29) is 11.9 Å². The van der Waals surface area contributed by atoms with Gasteiger partial charge in [0, 0.05) is 17.5 Å². The molecule has 0 saturated heterocycles. The van der Waals surface area contributed by atoms with E-state index in [0.717, 1.165) is 37.0 Å². The highest BCUT2D eigenvalue weighted by Crippen LogP contribution is 2.32. The van der Waals surface area contributed by atoms with Crippen LogP contribution < -0.4 is 0 Å². The molecular weight excluding hydrogens is 298 g/mol. The minimum atomic E-state index is -0.842. The lowest BCUT2D eigenvalue weighted by molar-refractivity contribution is -0.141. The lowest BCUT2D eigenvalue weighted by Gasteiger charge is -2.23. The number of hydrogen-bond donors (Lipinski definition) is 1. The summed E-state index contributed by atoms with van der Waals surface area (Å²) in [5, 5.41) is 9.11. The van der Waals surface area contributed by atoms with Gasteiger partial charge in [0.05, 0.1) is 10.8 Å². The Morgan fingerprint density at radius 1 is 1.41 bits per heavy atom. The maximum absolute atomic E-state index is 12.8. The Labute approximate surface area is 136 Å². The van der Waals surface area contributed by atoms with E-state index in [9.17, 15) is 9.59 Å². The standard InChI is InChI=1S/C17H25NO3S/c1-4-6-14-12(5-2)9-15(22-14)16(19)18(13-7-8-13)10-11(3)17(20)21/h9,11,13H,4-8,10H2,1-3H3,(H,20,21). The fourth-order valence-corrected chi connectivity index (χ4v) is 3.92. The van der Waals surface area contributed by atoms with Gasteiger partial charge in [0.15, 0.2) is 0 Å². The van der Waals surface area contributed by atoms with Crippen LogP contribution >= 0.6 is 11.3 Å². The van der Waals surface area contributed by atoms with Crippen molar-refractivity contribution in [2.45, 2.75) is 58.9 Å². The number of carboxylic acids is 1. The summed E-state index contributed by atoms with van der Waals surface area (Å²) in [6.07, 6.45) is 5.01. The minimum absolute atomic E-state index is 0.0117. The Morgan fingerprint density at radius 2 is 2.09 bits per heavy atom. The van der Waals surface area contributed by atoms with Crippen molar-refractivity contribution in [3.05, 3.63) is 21.4 Å². The van der Waals surface area contributed by atoms with E-state index in [1.807, 2.05) is 6.07 Å². The predicted octanol–water partition coefficient (Wildman–Crippen LogP) is 3.59. The molecule has 1 unspecified atom stereocenters. The SMILES string of the molecule is CCCc1sc(C(=O)N(CC(C)C(=O)O)C2CC2)cc1CC. The van der Waals surface area contributed by atoms with Gasteiger partial charge in [0.1, 0.15) is 0 Å². The van der Waals surface area contributed by atoms with Gasteiger partial charge in [0.25, 0.3) is 5.91 Å². The lowest BCUT2D eigenvalue weighted by atomic mass is 10.1. The van der Waals surface area contributed by atoms with Crippen molar-refractivity contribution >= 4 is 23.2 Å². The van der Waals surface area contributed by atoms with E-state index in [1.165, 1.54) is 10.4 Å². The molecule has 1 aliphatic carbocycles. The summed E-state index contributed by atoms with van der Waals surface area (Å²) in [6, 6.07) is 2.25. The van der Waals surface area contributed by atoms with E-state index in [1.54, 1.807) is 23.2 Å². The van der Waals surface area contributed by atoms with Crippen LogP contribution in [-0.4, -0.2) is 34.5 Å². The quantitative estimate of drug-likeness (QED) is 0.795. The van der Waals surface area contributed by atoms with E-state index in [2.05, 4.69) is 13.8 Å². The number of carbonyl (C=O) groups excluding carboxylic acids is 1. The monoisotopic (exact) mass is 323 g/mol. The molecule has 1 saturated carbocycles. The molecule has 1 fully saturated rings. The zero-order valence-corrected chi connectivity index (χ0v) is 14.4. The number of hydrogen-bond acceptors (Lipinski definition) is 3. The molecule has 4 nitrogen and oxygen atoms in total. The zero-order valence-electron chi connectivity index (χ0n) is 13.6. The summed E-state index contributed by atoms with van der Waals surface area (Å²) < 4.78 is 0. The van der Waals surface area contributed by atoms with E-state index in [4.69, 9.17) is 5.11 Å². The first-order valence-electron chi connectivity index (χ1n) is 8.13. The topological polar surface area (TPSA) is 57.6 Å². The van der Waals surface area contributed by atoms with E-state index < -0.39 is 11.9 Å². The number of nitrogens with zero attached hydrogens (tertiary/aromatic N) is 1. The highest BCUT2D eigenvalue weighted by molar-refractivity contribution is 7.14. The average molecular weight is 323 g/mol. The maximum Gasteiger partial charge on any atom is 0.308 e. The molecule has 22 heavy (non-hydrogen) atoms. The molecule has 1 aromatic heterocycles. The van der Waals surface area contributed by atoms with Crippen LogP contribution in [0.5, 0.6) is 0 Å². The largest absolute Gasteiger partial charge is 0.481 e. The molecule has 0 spiro atoms. The number of rotatable bonds is 8. The third-order valence-corrected chi connectivity index (χ3v) is 5.33. The van der Waals surface area contributed by atoms with Gasteiger partial charge in [-0.05, 0) is 37.3 Å². The van der Waals surface area contributed by atoms with Gasteiger partial charge < -0.3 is 10.0 Å². The first kappa shape index (κ1) is 17.0. The minimum Gasteiger partial charge on any atom is -0.481 e. The highest BCUT2D eigenvalue weighted by atomic mass is 32.1. The molecule has 1 atom stereocenters. The first-order valence-corrected chi connectivity index (χ1v) is 8.94. The van der Waals surface area contributed by atoms with Gasteiger partial charge in [-0.2, -0.15) is 0 Å². The fraction of sp³-hybridized carbons (Fsp3) is 0.647. The predicted molar refractivity (Wildman–Crippen MR) is 88.6 cm³/mol. The number of aryl methyl sites for hydroxylation is 2. The van der Waals surface area contributed by atoms with Gasteiger partial charge in [-0.3, -0.25) is 9.59 Å². The second kappa shape index (κ2) is 7.27. The molecule has 1 heterocycles. The molecule has 0 bridgehead atoms. The number of aliphatic carboxylic acids is 1. The first-order chi connectivity index (χ1) is 10.5. The molecule has 1 aromatic rings. The molecule has 5 heteroatoms. The van der Waals surface area contributed by atoms with Crippen molar-refractivity contribution in [3.8, 4) is 0 Å². The Bertz CT molecular complexity index is 548. The van der Waals surface area contributed by atoms with E-state index in [0.29, 0.717) is 6.54 Å². The van der Waals surface area contributed by atoms with Crippen molar-refractivity contribution in [1.29, 1.82) is 0 Å². The van der Waals surface area contributed by atoms with E-state index >= 15 is 0 Å². The van der Waals surface area contributed by atoms with Gasteiger partial charge in [-0.25, -0.2) is 0 Å². The van der Waals surface area contributed by atoms with Crippen LogP contribution in [0.3, 0.4) is 0 Å². The van der Waals surface area contributed by atoms with Crippen LogP contribution in [0.2, 0.25) is 0 Å². The number of thiophene rings is 1. The van der Waals surface area contributed by atoms with Gasteiger partial charge in [-0.15, -0.1) is 11.3 Å². The van der Waals surface area contributed by atoms with Crippen molar-refractivity contribution in [2.24, 2.45) is 5.92 Å². The van der Waals surface area contributed by atoms with Gasteiger partial charge in [0.2, 0.25) is 0 Å². The molecule has 2 rings (SSSR count). The van der Waals surface area contributed by atoms with Crippen LogP contribution in [0, 0.1) is 5.92 Å². The summed E-state index contributed by atoms with van der Waals surface area (Å²) in [5.74, 6) is -1.35. The number of carboxylic acid groups (broad SMARTS) is 1. The van der Waals surface area contributed by atoms with Crippen LogP contribution in [0.15, 0.2) is 6.07 Å². The normalized spacial score (nSPS) is 15.6. The molecule has 122 valence electrons. The zero-order chi connectivity index (χ0) is 16.3. The van der Waals surface area contributed by atoms with Crippen LogP contribution in [-0.2, 0) is 17.6 Å². The van der Waals surface area contributed by atoms with Crippen molar-refractivity contribution in [1.82, 2.24) is 4.90 Å². The summed E-state index contributed by atoms with van der Waals surface area (Å²) in [7, 11) is 0.